The van der Waals surface area contributed by atoms with Gasteiger partial charge in [-0.25, -0.2) is 0 Å². The summed E-state index contributed by atoms with van der Waals surface area (Å²) in [5.41, 5.74) is 9.26. The first-order valence-corrected chi connectivity index (χ1v) is 4.27. The molecule has 0 bridgehead atoms. The van der Waals surface area contributed by atoms with E-state index in [9.17, 15) is 0 Å². The van der Waals surface area contributed by atoms with Crippen LogP contribution in [-0.4, -0.2) is 11.0 Å². The van der Waals surface area contributed by atoms with Crippen molar-refractivity contribution in [3.05, 3.63) is 29.1 Å². The minimum absolute atomic E-state index is 0.217. The van der Waals surface area contributed by atoms with Crippen LogP contribution in [0.4, 0.5) is 0 Å². The minimum atomic E-state index is 0.217. The Balaban J connectivity index is 2.82. The van der Waals surface area contributed by atoms with Gasteiger partial charge >= 0.3 is 0 Å². The Morgan fingerprint density at radius 1 is 1.50 bits per heavy atom. The van der Waals surface area contributed by atoms with Crippen LogP contribution in [0.15, 0.2) is 12.3 Å². The van der Waals surface area contributed by atoms with Crippen LogP contribution >= 0.6 is 0 Å². The third-order valence-corrected chi connectivity index (χ3v) is 1.95. The normalized spacial score (nSPS) is 13.0. The van der Waals surface area contributed by atoms with E-state index in [4.69, 9.17) is 5.73 Å². The number of aromatic nitrogens is 1. The number of nitrogens with two attached hydrogens (primary N) is 1. The molecule has 1 rings (SSSR count). The van der Waals surface area contributed by atoms with Crippen molar-refractivity contribution in [2.75, 3.05) is 0 Å². The highest BCUT2D eigenvalue weighted by atomic mass is 14.7. The van der Waals surface area contributed by atoms with E-state index in [1.807, 2.05) is 20.0 Å². The van der Waals surface area contributed by atoms with Crippen LogP contribution in [-0.2, 0) is 6.42 Å². The first-order chi connectivity index (χ1) is 5.59. The van der Waals surface area contributed by atoms with Gasteiger partial charge in [-0.3, -0.25) is 4.98 Å². The number of hydrogen-bond acceptors (Lipinski definition) is 2. The van der Waals surface area contributed by atoms with E-state index in [0.717, 1.165) is 12.1 Å². The van der Waals surface area contributed by atoms with Gasteiger partial charge in [0.25, 0.3) is 0 Å². The third kappa shape index (κ3) is 2.31. The van der Waals surface area contributed by atoms with Crippen molar-refractivity contribution < 1.29 is 0 Å². The molecule has 0 amide bonds. The van der Waals surface area contributed by atoms with Gasteiger partial charge in [0.1, 0.15) is 0 Å². The SMILES string of the molecule is Cc1cc(CC(C)N)cnc1C. The Morgan fingerprint density at radius 3 is 2.67 bits per heavy atom. The van der Waals surface area contributed by atoms with E-state index in [2.05, 4.69) is 18.0 Å². The Kier molecular flexibility index (Phi) is 2.82. The molecule has 0 aliphatic carbocycles. The summed E-state index contributed by atoms with van der Waals surface area (Å²) in [7, 11) is 0. The molecule has 0 aliphatic rings. The first kappa shape index (κ1) is 9.20. The molecule has 0 aromatic carbocycles. The van der Waals surface area contributed by atoms with Crippen LogP contribution in [0.3, 0.4) is 0 Å². The average Bonchev–Trinajstić information content (AvgIpc) is 1.96. The van der Waals surface area contributed by atoms with Crippen molar-refractivity contribution >= 4 is 0 Å². The Labute approximate surface area is 73.8 Å². The van der Waals surface area contributed by atoms with E-state index in [1.165, 1.54) is 11.1 Å². The van der Waals surface area contributed by atoms with Gasteiger partial charge in [-0.15, -0.1) is 0 Å². The Bertz CT molecular complexity index is 267. The lowest BCUT2D eigenvalue weighted by molar-refractivity contribution is 0.734. The van der Waals surface area contributed by atoms with Gasteiger partial charge in [-0.2, -0.15) is 0 Å². The zero-order valence-electron chi connectivity index (χ0n) is 7.96. The van der Waals surface area contributed by atoms with Crippen LogP contribution < -0.4 is 5.73 Å². The van der Waals surface area contributed by atoms with Crippen LogP contribution in [0.2, 0.25) is 0 Å². The van der Waals surface area contributed by atoms with Crippen molar-refractivity contribution in [2.24, 2.45) is 5.73 Å². The van der Waals surface area contributed by atoms with Crippen LogP contribution in [0.25, 0.3) is 0 Å². The molecule has 2 N–H and O–H groups in total. The molecular weight excluding hydrogens is 148 g/mol. The van der Waals surface area contributed by atoms with Gasteiger partial charge in [-0.05, 0) is 38.3 Å². The molecule has 1 heterocycles. The molecular formula is C10H16N2. The number of pyridine rings is 1. The number of rotatable bonds is 2. The molecule has 1 unspecified atom stereocenters. The van der Waals surface area contributed by atoms with Crippen LogP contribution in [0.5, 0.6) is 0 Å². The maximum atomic E-state index is 5.68. The van der Waals surface area contributed by atoms with E-state index in [0.29, 0.717) is 0 Å². The van der Waals surface area contributed by atoms with E-state index < -0.39 is 0 Å². The predicted octanol–water partition coefficient (Wildman–Crippen LogP) is 1.59. The largest absolute Gasteiger partial charge is 0.328 e. The van der Waals surface area contributed by atoms with Crippen molar-refractivity contribution in [3.63, 3.8) is 0 Å². The van der Waals surface area contributed by atoms with Crippen molar-refractivity contribution in [3.8, 4) is 0 Å². The standard InChI is InChI=1S/C10H16N2/c1-7-4-10(5-8(2)11)6-12-9(7)3/h4,6,8H,5,11H2,1-3H3. The van der Waals surface area contributed by atoms with Gasteiger partial charge < -0.3 is 5.73 Å². The number of hydrogen-bond donors (Lipinski definition) is 1. The van der Waals surface area contributed by atoms with E-state index in [1.54, 1.807) is 0 Å². The summed E-state index contributed by atoms with van der Waals surface area (Å²) in [5, 5.41) is 0. The van der Waals surface area contributed by atoms with Crippen LogP contribution in [0, 0.1) is 13.8 Å². The maximum Gasteiger partial charge on any atom is 0.0401 e. The molecule has 0 aliphatic heterocycles. The summed E-state index contributed by atoms with van der Waals surface area (Å²) in [6.07, 6.45) is 2.82. The molecule has 12 heavy (non-hydrogen) atoms. The van der Waals surface area contributed by atoms with Gasteiger partial charge in [0.15, 0.2) is 0 Å². The lowest BCUT2D eigenvalue weighted by atomic mass is 10.1. The summed E-state index contributed by atoms with van der Waals surface area (Å²) in [5.74, 6) is 0. The predicted molar refractivity (Wildman–Crippen MR) is 51.1 cm³/mol. The zero-order chi connectivity index (χ0) is 9.14. The second-order valence-electron chi connectivity index (χ2n) is 3.43. The van der Waals surface area contributed by atoms with Crippen LogP contribution in [0.1, 0.15) is 23.7 Å². The summed E-state index contributed by atoms with van der Waals surface area (Å²) >= 11 is 0. The van der Waals surface area contributed by atoms with E-state index in [-0.39, 0.29) is 6.04 Å². The minimum Gasteiger partial charge on any atom is -0.328 e. The molecule has 0 saturated carbocycles. The fraction of sp³-hybridized carbons (Fsp3) is 0.500. The number of aryl methyl sites for hydroxylation is 2. The maximum absolute atomic E-state index is 5.68. The van der Waals surface area contributed by atoms with Crippen molar-refractivity contribution in [1.29, 1.82) is 0 Å². The fourth-order valence-electron chi connectivity index (χ4n) is 1.18. The van der Waals surface area contributed by atoms with Gasteiger partial charge in [-0.1, -0.05) is 6.07 Å². The second kappa shape index (κ2) is 3.68. The smallest absolute Gasteiger partial charge is 0.0401 e. The lowest BCUT2D eigenvalue weighted by Crippen LogP contribution is -2.17. The van der Waals surface area contributed by atoms with Crippen molar-refractivity contribution in [1.82, 2.24) is 4.98 Å². The molecule has 66 valence electrons. The molecule has 0 radical (unpaired) electrons. The van der Waals surface area contributed by atoms with Gasteiger partial charge in [0.2, 0.25) is 0 Å². The fourth-order valence-corrected chi connectivity index (χ4v) is 1.18. The van der Waals surface area contributed by atoms with Gasteiger partial charge in [0.05, 0.1) is 0 Å². The average molecular weight is 164 g/mol. The monoisotopic (exact) mass is 164 g/mol. The first-order valence-electron chi connectivity index (χ1n) is 4.27. The molecule has 0 spiro atoms. The molecule has 2 heteroatoms. The second-order valence-corrected chi connectivity index (χ2v) is 3.43. The number of nitrogens with zero attached hydrogens (tertiary/aromatic N) is 1. The molecule has 1 aromatic rings. The molecule has 2 nitrogen and oxygen atoms in total. The topological polar surface area (TPSA) is 38.9 Å². The third-order valence-electron chi connectivity index (χ3n) is 1.95. The van der Waals surface area contributed by atoms with Gasteiger partial charge in [0, 0.05) is 17.9 Å². The summed E-state index contributed by atoms with van der Waals surface area (Å²) in [6.45, 7) is 6.10. The highest BCUT2D eigenvalue weighted by Gasteiger charge is 1.99. The summed E-state index contributed by atoms with van der Waals surface area (Å²) in [6, 6.07) is 2.38. The quantitative estimate of drug-likeness (QED) is 0.721. The summed E-state index contributed by atoms with van der Waals surface area (Å²) < 4.78 is 0. The molecule has 1 atom stereocenters. The van der Waals surface area contributed by atoms with E-state index >= 15 is 0 Å². The Morgan fingerprint density at radius 2 is 2.17 bits per heavy atom. The Hall–Kier alpha value is -0.890. The molecule has 0 fully saturated rings. The highest BCUT2D eigenvalue weighted by molar-refractivity contribution is 5.23. The lowest BCUT2D eigenvalue weighted by Gasteiger charge is -2.06. The van der Waals surface area contributed by atoms with Crippen molar-refractivity contribution in [2.45, 2.75) is 33.2 Å². The molecule has 0 saturated heterocycles. The highest BCUT2D eigenvalue weighted by Crippen LogP contribution is 2.07. The zero-order valence-corrected chi connectivity index (χ0v) is 7.96. The summed E-state index contributed by atoms with van der Waals surface area (Å²) in [4.78, 5) is 4.28. The molecule has 1 aromatic heterocycles.